The highest BCUT2D eigenvalue weighted by Gasteiger charge is 2.17. The van der Waals surface area contributed by atoms with Crippen molar-refractivity contribution in [3.8, 4) is 0 Å². The van der Waals surface area contributed by atoms with Crippen LogP contribution >= 0.6 is 0 Å². The van der Waals surface area contributed by atoms with Crippen molar-refractivity contribution in [2.24, 2.45) is 0 Å². The van der Waals surface area contributed by atoms with Crippen LogP contribution in [0.4, 0.5) is 0 Å². The van der Waals surface area contributed by atoms with Crippen molar-refractivity contribution < 1.29 is 15.0 Å². The van der Waals surface area contributed by atoms with Gasteiger partial charge in [0.1, 0.15) is 0 Å². The fraction of sp³-hybridized carbons (Fsp3) is 0.873. The van der Waals surface area contributed by atoms with Gasteiger partial charge in [-0.3, -0.25) is 4.79 Å². The molecule has 0 bridgehead atoms. The first-order valence-electron chi connectivity index (χ1n) is 26.7. The summed E-state index contributed by atoms with van der Waals surface area (Å²) in [5.41, 5.74) is 0. The number of carbonyl (C=O) groups is 1. The summed E-state index contributed by atoms with van der Waals surface area (Å²) in [4.78, 5) is 12.4. The molecule has 0 fully saturated rings. The van der Waals surface area contributed by atoms with Gasteiger partial charge in [0.05, 0.1) is 18.8 Å². The summed E-state index contributed by atoms with van der Waals surface area (Å²) in [6.45, 7) is 4.32. The molecule has 2 unspecified atom stereocenters. The Morgan fingerprint density at radius 3 is 0.983 bits per heavy atom. The number of allylic oxidation sites excluding steroid dienone is 5. The first-order valence-corrected chi connectivity index (χ1v) is 26.7. The number of amides is 1. The van der Waals surface area contributed by atoms with E-state index >= 15 is 0 Å². The highest BCUT2D eigenvalue weighted by Crippen LogP contribution is 2.16. The Kier molecular flexibility index (Phi) is 49.8. The van der Waals surface area contributed by atoms with Gasteiger partial charge < -0.3 is 15.5 Å². The van der Waals surface area contributed by atoms with Crippen LogP contribution in [-0.2, 0) is 4.79 Å². The second-order valence-electron chi connectivity index (χ2n) is 18.3. The zero-order valence-electron chi connectivity index (χ0n) is 40.0. The van der Waals surface area contributed by atoms with E-state index in [0.717, 1.165) is 32.1 Å². The fourth-order valence-corrected chi connectivity index (χ4v) is 8.25. The fourth-order valence-electron chi connectivity index (χ4n) is 8.25. The Bertz CT molecular complexity index is 897. The van der Waals surface area contributed by atoms with Crippen LogP contribution in [0.2, 0.25) is 0 Å². The van der Waals surface area contributed by atoms with Crippen LogP contribution in [0.25, 0.3) is 0 Å². The highest BCUT2D eigenvalue weighted by molar-refractivity contribution is 5.76. The Morgan fingerprint density at radius 2 is 0.661 bits per heavy atom. The van der Waals surface area contributed by atoms with Crippen LogP contribution in [0.1, 0.15) is 290 Å². The van der Waals surface area contributed by atoms with Crippen molar-refractivity contribution in [1.82, 2.24) is 5.32 Å². The molecule has 348 valence electrons. The van der Waals surface area contributed by atoms with Crippen molar-refractivity contribution in [1.29, 1.82) is 0 Å². The summed E-state index contributed by atoms with van der Waals surface area (Å²) < 4.78 is 0. The van der Waals surface area contributed by atoms with E-state index < -0.39 is 12.1 Å². The van der Waals surface area contributed by atoms with Gasteiger partial charge in [-0.15, -0.1) is 0 Å². The molecule has 0 rings (SSSR count). The quantitative estimate of drug-likeness (QED) is 0.0423. The van der Waals surface area contributed by atoms with Gasteiger partial charge in [-0.05, 0) is 57.8 Å². The molecule has 59 heavy (non-hydrogen) atoms. The Labute approximate surface area is 370 Å². The summed E-state index contributed by atoms with van der Waals surface area (Å²) in [5.74, 6) is -0.0697. The Balaban J connectivity index is 3.51. The van der Waals surface area contributed by atoms with Gasteiger partial charge >= 0.3 is 0 Å². The van der Waals surface area contributed by atoms with Gasteiger partial charge in [-0.1, -0.05) is 262 Å². The average Bonchev–Trinajstić information content (AvgIpc) is 3.24. The minimum atomic E-state index is -0.861. The van der Waals surface area contributed by atoms with Crippen LogP contribution in [-0.4, -0.2) is 34.9 Å². The molecule has 0 heterocycles. The lowest BCUT2D eigenvalue weighted by molar-refractivity contribution is -0.123. The molecule has 0 aromatic rings. The molecule has 4 nitrogen and oxygen atoms in total. The number of nitrogens with one attached hydrogen (secondary N) is 1. The Morgan fingerprint density at radius 1 is 0.390 bits per heavy atom. The lowest BCUT2D eigenvalue weighted by Crippen LogP contribution is -2.45. The molecule has 3 N–H and O–H groups in total. The molecular weight excluding hydrogens is 723 g/mol. The number of carbonyl (C=O) groups excluding carboxylic acids is 1. The molecule has 2 atom stereocenters. The Hall–Kier alpha value is -1.39. The monoisotopic (exact) mass is 828 g/mol. The van der Waals surface area contributed by atoms with E-state index in [1.54, 1.807) is 6.08 Å². The average molecular weight is 828 g/mol. The predicted molar refractivity (Wildman–Crippen MR) is 262 cm³/mol. The second-order valence-corrected chi connectivity index (χ2v) is 18.3. The van der Waals surface area contributed by atoms with Crippen molar-refractivity contribution in [3.05, 3.63) is 36.5 Å². The van der Waals surface area contributed by atoms with Crippen LogP contribution in [0.15, 0.2) is 36.5 Å². The van der Waals surface area contributed by atoms with Gasteiger partial charge in [0.2, 0.25) is 5.91 Å². The summed E-state index contributed by atoms with van der Waals surface area (Å²) in [5, 5.41) is 23.1. The van der Waals surface area contributed by atoms with Gasteiger partial charge in [-0.25, -0.2) is 0 Å². The largest absolute Gasteiger partial charge is 0.394 e. The maximum absolute atomic E-state index is 12.4. The number of hydrogen-bond acceptors (Lipinski definition) is 3. The molecule has 0 radical (unpaired) electrons. The first kappa shape index (κ1) is 57.6. The number of hydrogen-bond donors (Lipinski definition) is 3. The number of unbranched alkanes of at least 4 members (excludes halogenated alkanes) is 38. The maximum atomic E-state index is 12.4. The SMILES string of the molecule is CCCCCCCCCC/C=C\CCCCCCCCCCCCCCCCCC(=O)NC(CO)C(O)/C=C/CC/C=C/CCCCCCCCCCCCCCCC. The zero-order valence-corrected chi connectivity index (χ0v) is 40.0. The molecule has 0 saturated heterocycles. The molecule has 0 saturated carbocycles. The first-order chi connectivity index (χ1) is 29.2. The van der Waals surface area contributed by atoms with E-state index in [2.05, 4.69) is 43.5 Å². The lowest BCUT2D eigenvalue weighted by atomic mass is 10.0. The number of aliphatic hydroxyl groups excluding tert-OH is 2. The molecule has 0 aromatic heterocycles. The third-order valence-corrected chi connectivity index (χ3v) is 12.3. The molecule has 0 aliphatic carbocycles. The van der Waals surface area contributed by atoms with Gasteiger partial charge in [-0.2, -0.15) is 0 Å². The third kappa shape index (κ3) is 47.5. The summed E-state index contributed by atoms with van der Waals surface area (Å²) in [7, 11) is 0. The summed E-state index contributed by atoms with van der Waals surface area (Å²) in [6, 6.07) is -0.638. The molecule has 0 aliphatic heterocycles. The standard InChI is InChI=1S/C55H105NO3/c1-3-5-7-9-11-13-15-17-19-21-23-25-26-27-28-29-30-31-33-35-37-39-41-43-45-47-49-51-55(59)56-53(52-57)54(58)50-48-46-44-42-40-38-36-34-32-24-22-20-18-16-14-12-10-8-6-4-2/h21,23,40,42,48,50,53-54,57-58H,3-20,22,24-39,41,43-47,49,51-52H2,1-2H3,(H,56,59)/b23-21-,42-40+,50-48+. The minimum absolute atomic E-state index is 0.0697. The molecule has 1 amide bonds. The number of rotatable bonds is 49. The highest BCUT2D eigenvalue weighted by atomic mass is 16.3. The summed E-state index contributed by atoms with van der Waals surface area (Å²) in [6.07, 6.45) is 68.7. The maximum Gasteiger partial charge on any atom is 0.220 e. The van der Waals surface area contributed by atoms with Gasteiger partial charge in [0, 0.05) is 6.42 Å². The number of aliphatic hydroxyl groups is 2. The zero-order chi connectivity index (χ0) is 42.8. The molecule has 0 spiro atoms. The van der Waals surface area contributed by atoms with Crippen molar-refractivity contribution in [2.45, 2.75) is 302 Å². The van der Waals surface area contributed by atoms with Crippen LogP contribution in [0.5, 0.6) is 0 Å². The summed E-state index contributed by atoms with van der Waals surface area (Å²) >= 11 is 0. The van der Waals surface area contributed by atoms with Crippen LogP contribution < -0.4 is 5.32 Å². The minimum Gasteiger partial charge on any atom is -0.394 e. The normalized spacial score (nSPS) is 13.1. The van der Waals surface area contributed by atoms with Crippen molar-refractivity contribution in [2.75, 3.05) is 6.61 Å². The topological polar surface area (TPSA) is 69.6 Å². The lowest BCUT2D eigenvalue weighted by Gasteiger charge is -2.19. The van der Waals surface area contributed by atoms with E-state index in [9.17, 15) is 15.0 Å². The van der Waals surface area contributed by atoms with E-state index in [1.165, 1.54) is 238 Å². The third-order valence-electron chi connectivity index (χ3n) is 12.3. The molecular formula is C55H105NO3. The molecule has 0 aromatic carbocycles. The van der Waals surface area contributed by atoms with Crippen LogP contribution in [0.3, 0.4) is 0 Å². The van der Waals surface area contributed by atoms with E-state index in [0.29, 0.717) is 6.42 Å². The van der Waals surface area contributed by atoms with E-state index in [-0.39, 0.29) is 12.5 Å². The predicted octanol–water partition coefficient (Wildman–Crippen LogP) is 17.3. The second kappa shape index (κ2) is 51.0. The smallest absolute Gasteiger partial charge is 0.220 e. The van der Waals surface area contributed by atoms with Crippen molar-refractivity contribution >= 4 is 5.91 Å². The molecule has 0 aliphatic rings. The van der Waals surface area contributed by atoms with Crippen LogP contribution in [0, 0.1) is 0 Å². The molecule has 4 heteroatoms. The van der Waals surface area contributed by atoms with E-state index in [1.807, 2.05) is 6.08 Å². The van der Waals surface area contributed by atoms with E-state index in [4.69, 9.17) is 0 Å². The van der Waals surface area contributed by atoms with Gasteiger partial charge in [0.25, 0.3) is 0 Å². The van der Waals surface area contributed by atoms with Gasteiger partial charge in [0.15, 0.2) is 0 Å². The van der Waals surface area contributed by atoms with Crippen molar-refractivity contribution in [3.63, 3.8) is 0 Å².